The van der Waals surface area contributed by atoms with Crippen LogP contribution < -0.4 is 10.2 Å². The summed E-state index contributed by atoms with van der Waals surface area (Å²) in [5, 5.41) is 7.17. The molecule has 3 rings (SSSR count). The molecule has 126 valence electrons. The minimum Gasteiger partial charge on any atom is -0.350 e. The normalized spacial score (nSPS) is 15.1. The highest BCUT2D eigenvalue weighted by Gasteiger charge is 2.24. The van der Waals surface area contributed by atoms with Crippen LogP contribution in [0.4, 0.5) is 5.82 Å². The number of carbonyl (C=O) groups excluding carboxylic acids is 2. The highest BCUT2D eigenvalue weighted by molar-refractivity contribution is 5.95. The van der Waals surface area contributed by atoms with Gasteiger partial charge in [-0.15, -0.1) is 0 Å². The number of anilines is 1. The topological polar surface area (TPSA) is 67.2 Å². The molecular weight excluding hydrogens is 304 g/mol. The lowest BCUT2D eigenvalue weighted by Crippen LogP contribution is -2.37. The third-order valence-corrected chi connectivity index (χ3v) is 4.36. The Balaban J connectivity index is 1.71. The van der Waals surface area contributed by atoms with E-state index in [0.717, 1.165) is 17.8 Å². The summed E-state index contributed by atoms with van der Waals surface area (Å²) in [6.07, 6.45) is 3.07. The van der Waals surface area contributed by atoms with Crippen molar-refractivity contribution in [3.05, 3.63) is 47.7 Å². The van der Waals surface area contributed by atoms with Gasteiger partial charge in [-0.25, -0.2) is 4.68 Å². The molecule has 0 aliphatic carbocycles. The van der Waals surface area contributed by atoms with Crippen molar-refractivity contribution in [3.8, 4) is 0 Å². The zero-order valence-electron chi connectivity index (χ0n) is 14.0. The van der Waals surface area contributed by atoms with Crippen LogP contribution in [0.15, 0.2) is 36.5 Å². The van der Waals surface area contributed by atoms with Crippen LogP contribution in [0.2, 0.25) is 0 Å². The first-order valence-corrected chi connectivity index (χ1v) is 8.30. The average molecular weight is 326 g/mol. The standard InChI is InChI=1S/C18H22N4O2/c1-3-13(2)20-18(24)15-6-4-14(5-7-15)12-21-16-8-10-19-22(16)11-9-17(21)23/h4-8,10,13H,3,9,11-12H2,1-2H3,(H,20,24). The Morgan fingerprint density at radius 2 is 2.04 bits per heavy atom. The summed E-state index contributed by atoms with van der Waals surface area (Å²) >= 11 is 0. The summed E-state index contributed by atoms with van der Waals surface area (Å²) in [5.41, 5.74) is 1.62. The number of amides is 2. The fraction of sp³-hybridized carbons (Fsp3) is 0.389. The lowest BCUT2D eigenvalue weighted by molar-refractivity contribution is -0.119. The molecule has 0 radical (unpaired) electrons. The molecule has 1 atom stereocenters. The highest BCUT2D eigenvalue weighted by atomic mass is 16.2. The van der Waals surface area contributed by atoms with Crippen LogP contribution in [0, 0.1) is 0 Å². The van der Waals surface area contributed by atoms with Gasteiger partial charge in [-0.2, -0.15) is 5.10 Å². The van der Waals surface area contributed by atoms with Gasteiger partial charge in [-0.1, -0.05) is 19.1 Å². The Kier molecular flexibility index (Phi) is 4.64. The van der Waals surface area contributed by atoms with E-state index >= 15 is 0 Å². The number of fused-ring (bicyclic) bond motifs is 1. The largest absolute Gasteiger partial charge is 0.350 e. The molecule has 0 saturated heterocycles. The molecule has 1 aliphatic heterocycles. The van der Waals surface area contributed by atoms with Crippen LogP contribution >= 0.6 is 0 Å². The van der Waals surface area contributed by atoms with Crippen molar-refractivity contribution in [2.75, 3.05) is 4.90 Å². The second-order valence-electron chi connectivity index (χ2n) is 6.12. The predicted octanol–water partition coefficient (Wildman–Crippen LogP) is 2.35. The molecule has 0 saturated carbocycles. The summed E-state index contributed by atoms with van der Waals surface area (Å²) in [5.74, 6) is 0.856. The summed E-state index contributed by atoms with van der Waals surface area (Å²) in [7, 11) is 0. The van der Waals surface area contributed by atoms with Gasteiger partial charge in [0.05, 0.1) is 19.3 Å². The molecule has 0 fully saturated rings. The number of rotatable bonds is 5. The van der Waals surface area contributed by atoms with E-state index < -0.39 is 0 Å². The zero-order valence-corrected chi connectivity index (χ0v) is 14.0. The van der Waals surface area contributed by atoms with Crippen molar-refractivity contribution in [2.24, 2.45) is 0 Å². The quantitative estimate of drug-likeness (QED) is 0.917. The maximum absolute atomic E-state index is 12.2. The maximum atomic E-state index is 12.2. The number of hydrogen-bond acceptors (Lipinski definition) is 3. The van der Waals surface area contributed by atoms with Gasteiger partial charge in [-0.3, -0.25) is 14.5 Å². The Hall–Kier alpha value is -2.63. The van der Waals surface area contributed by atoms with E-state index in [9.17, 15) is 9.59 Å². The maximum Gasteiger partial charge on any atom is 0.251 e. The van der Waals surface area contributed by atoms with Crippen LogP contribution in [-0.2, 0) is 17.9 Å². The van der Waals surface area contributed by atoms with Crippen LogP contribution in [-0.4, -0.2) is 27.6 Å². The Labute approximate surface area is 141 Å². The van der Waals surface area contributed by atoms with E-state index in [1.165, 1.54) is 0 Å². The average Bonchev–Trinajstić information content (AvgIpc) is 3.06. The first-order chi connectivity index (χ1) is 11.6. The Morgan fingerprint density at radius 1 is 1.29 bits per heavy atom. The Bertz CT molecular complexity index is 736. The van der Waals surface area contributed by atoms with E-state index in [1.54, 1.807) is 23.2 Å². The summed E-state index contributed by atoms with van der Waals surface area (Å²) in [6, 6.07) is 9.41. The molecule has 6 heteroatoms. The van der Waals surface area contributed by atoms with Gasteiger partial charge in [0.1, 0.15) is 5.82 Å². The molecule has 2 amide bonds. The third kappa shape index (κ3) is 3.32. The van der Waals surface area contributed by atoms with Crippen molar-refractivity contribution in [3.63, 3.8) is 0 Å². The van der Waals surface area contributed by atoms with Crippen molar-refractivity contribution in [2.45, 2.75) is 45.8 Å². The van der Waals surface area contributed by atoms with E-state index in [1.807, 2.05) is 36.7 Å². The molecule has 2 aromatic rings. The summed E-state index contributed by atoms with van der Waals surface area (Å²) in [6.45, 7) is 5.13. The summed E-state index contributed by atoms with van der Waals surface area (Å²) < 4.78 is 1.84. The minimum atomic E-state index is -0.0666. The fourth-order valence-corrected chi connectivity index (χ4v) is 2.71. The molecule has 1 aromatic carbocycles. The van der Waals surface area contributed by atoms with Crippen molar-refractivity contribution in [1.82, 2.24) is 15.1 Å². The molecule has 2 heterocycles. The van der Waals surface area contributed by atoms with Crippen molar-refractivity contribution < 1.29 is 9.59 Å². The Morgan fingerprint density at radius 3 is 2.75 bits per heavy atom. The summed E-state index contributed by atoms with van der Waals surface area (Å²) in [4.78, 5) is 26.1. The number of carbonyl (C=O) groups is 2. The lowest BCUT2D eigenvalue weighted by Gasteiger charge is -2.27. The number of benzene rings is 1. The highest BCUT2D eigenvalue weighted by Crippen LogP contribution is 2.22. The number of hydrogen-bond donors (Lipinski definition) is 1. The van der Waals surface area contributed by atoms with Crippen LogP contribution in [0.25, 0.3) is 0 Å². The second kappa shape index (κ2) is 6.86. The zero-order chi connectivity index (χ0) is 17.1. The molecule has 24 heavy (non-hydrogen) atoms. The van der Waals surface area contributed by atoms with Crippen LogP contribution in [0.1, 0.15) is 42.6 Å². The van der Waals surface area contributed by atoms with E-state index in [2.05, 4.69) is 10.4 Å². The molecular formula is C18H22N4O2. The van der Waals surface area contributed by atoms with Gasteiger partial charge in [0.25, 0.3) is 5.91 Å². The van der Waals surface area contributed by atoms with Gasteiger partial charge in [0.15, 0.2) is 0 Å². The molecule has 1 aliphatic rings. The molecule has 1 aromatic heterocycles. The van der Waals surface area contributed by atoms with E-state index in [-0.39, 0.29) is 17.9 Å². The van der Waals surface area contributed by atoms with Gasteiger partial charge >= 0.3 is 0 Å². The first kappa shape index (κ1) is 16.2. The number of nitrogens with one attached hydrogen (secondary N) is 1. The van der Waals surface area contributed by atoms with Crippen LogP contribution in [0.3, 0.4) is 0 Å². The predicted molar refractivity (Wildman–Crippen MR) is 91.7 cm³/mol. The van der Waals surface area contributed by atoms with Gasteiger partial charge in [0, 0.05) is 24.1 Å². The lowest BCUT2D eigenvalue weighted by atomic mass is 10.1. The molecule has 1 unspecified atom stereocenters. The van der Waals surface area contributed by atoms with E-state index in [4.69, 9.17) is 0 Å². The minimum absolute atomic E-state index is 0.0666. The van der Waals surface area contributed by atoms with Crippen molar-refractivity contribution in [1.29, 1.82) is 0 Å². The first-order valence-electron chi connectivity index (χ1n) is 8.30. The number of aromatic nitrogens is 2. The number of aryl methyl sites for hydroxylation is 1. The molecule has 0 bridgehead atoms. The molecule has 1 N–H and O–H groups in total. The third-order valence-electron chi connectivity index (χ3n) is 4.36. The number of nitrogens with zero attached hydrogens (tertiary/aromatic N) is 3. The van der Waals surface area contributed by atoms with Gasteiger partial charge in [-0.05, 0) is 31.0 Å². The molecule has 0 spiro atoms. The second-order valence-corrected chi connectivity index (χ2v) is 6.12. The van der Waals surface area contributed by atoms with E-state index in [0.29, 0.717) is 25.1 Å². The monoisotopic (exact) mass is 326 g/mol. The smallest absolute Gasteiger partial charge is 0.251 e. The van der Waals surface area contributed by atoms with Crippen LogP contribution in [0.5, 0.6) is 0 Å². The molecule has 6 nitrogen and oxygen atoms in total. The van der Waals surface area contributed by atoms with Gasteiger partial charge in [0.2, 0.25) is 5.91 Å². The van der Waals surface area contributed by atoms with Crippen molar-refractivity contribution >= 4 is 17.6 Å². The SMILES string of the molecule is CCC(C)NC(=O)c1ccc(CN2C(=O)CCn3nccc32)cc1. The fourth-order valence-electron chi connectivity index (χ4n) is 2.71. The van der Waals surface area contributed by atoms with Gasteiger partial charge < -0.3 is 5.32 Å².